The lowest BCUT2D eigenvalue weighted by atomic mass is 10.2. The van der Waals surface area contributed by atoms with Crippen LogP contribution in [-0.2, 0) is 16.6 Å². The summed E-state index contributed by atoms with van der Waals surface area (Å²) >= 11 is 0. The number of sulfonamides is 1. The zero-order valence-electron chi connectivity index (χ0n) is 9.34. The fourth-order valence-corrected chi connectivity index (χ4v) is 3.34. The predicted octanol–water partition coefficient (Wildman–Crippen LogP) is 0.822. The molecule has 2 rings (SSSR count). The molecule has 0 saturated carbocycles. The van der Waals surface area contributed by atoms with Crippen molar-refractivity contribution in [2.24, 2.45) is 0 Å². The lowest BCUT2D eigenvalue weighted by Gasteiger charge is -2.12. The monoisotopic (exact) mass is 259 g/mol. The van der Waals surface area contributed by atoms with E-state index in [1.165, 1.54) is 10.4 Å². The quantitative estimate of drug-likeness (QED) is 0.868. The molecule has 1 aromatic rings. The topological polar surface area (TPSA) is 87.8 Å². The first-order valence-corrected chi connectivity index (χ1v) is 6.81. The molecule has 0 spiro atoms. The largest absolute Gasteiger partial charge is 0.475 e. The summed E-state index contributed by atoms with van der Waals surface area (Å²) < 4.78 is 29.6. The number of rotatable bonds is 3. The summed E-state index contributed by atoms with van der Waals surface area (Å²) in [6.45, 7) is 2.30. The van der Waals surface area contributed by atoms with Crippen LogP contribution in [0.5, 0.6) is 0 Å². The van der Waals surface area contributed by atoms with Crippen molar-refractivity contribution in [2.75, 3.05) is 12.3 Å². The van der Waals surface area contributed by atoms with Crippen LogP contribution in [0.4, 0.5) is 0 Å². The molecule has 1 N–H and O–H groups in total. The molecule has 0 unspecified atom stereocenters. The molecule has 0 bridgehead atoms. The summed E-state index contributed by atoms with van der Waals surface area (Å²) in [6, 6.07) is 1.38. The maximum Gasteiger partial charge on any atom is 0.371 e. The van der Waals surface area contributed by atoms with Crippen molar-refractivity contribution in [2.45, 2.75) is 19.9 Å². The smallest absolute Gasteiger partial charge is 0.371 e. The van der Waals surface area contributed by atoms with Crippen LogP contribution in [-0.4, -0.2) is 36.1 Å². The Hall–Kier alpha value is -1.34. The summed E-state index contributed by atoms with van der Waals surface area (Å²) in [5, 5.41) is 8.76. The fourth-order valence-electron chi connectivity index (χ4n) is 1.84. The molecule has 0 aromatic carbocycles. The van der Waals surface area contributed by atoms with Gasteiger partial charge in [0.25, 0.3) is 0 Å². The number of hydrogen-bond acceptors (Lipinski definition) is 4. The second-order valence-corrected chi connectivity index (χ2v) is 6.09. The molecule has 0 atom stereocenters. The zero-order valence-corrected chi connectivity index (χ0v) is 10.2. The van der Waals surface area contributed by atoms with E-state index in [1.54, 1.807) is 6.92 Å². The van der Waals surface area contributed by atoms with Gasteiger partial charge < -0.3 is 9.52 Å². The van der Waals surface area contributed by atoms with Crippen molar-refractivity contribution in [1.29, 1.82) is 0 Å². The van der Waals surface area contributed by atoms with Crippen LogP contribution in [0.15, 0.2) is 10.5 Å². The van der Waals surface area contributed by atoms with Crippen LogP contribution in [0.3, 0.4) is 0 Å². The van der Waals surface area contributed by atoms with Crippen molar-refractivity contribution in [1.82, 2.24) is 4.31 Å². The van der Waals surface area contributed by atoms with Gasteiger partial charge in [-0.25, -0.2) is 13.2 Å². The molecule has 1 aliphatic rings. The molecule has 94 valence electrons. The maximum absolute atomic E-state index is 11.6. The molecule has 17 heavy (non-hydrogen) atoms. The minimum absolute atomic E-state index is 0.158. The van der Waals surface area contributed by atoms with E-state index in [0.29, 0.717) is 24.3 Å². The highest BCUT2D eigenvalue weighted by Gasteiger charge is 2.29. The Bertz CT molecular complexity index is 545. The van der Waals surface area contributed by atoms with Gasteiger partial charge in [0.2, 0.25) is 15.8 Å². The van der Waals surface area contributed by atoms with Gasteiger partial charge in [-0.05, 0) is 19.4 Å². The summed E-state index contributed by atoms with van der Waals surface area (Å²) in [4.78, 5) is 10.7. The van der Waals surface area contributed by atoms with Crippen LogP contribution in [0.25, 0.3) is 0 Å². The van der Waals surface area contributed by atoms with Crippen molar-refractivity contribution in [3.63, 3.8) is 0 Å². The zero-order chi connectivity index (χ0) is 12.6. The van der Waals surface area contributed by atoms with E-state index in [2.05, 4.69) is 0 Å². The van der Waals surface area contributed by atoms with Gasteiger partial charge in [0, 0.05) is 18.7 Å². The van der Waals surface area contributed by atoms with Crippen LogP contribution in [0.1, 0.15) is 28.3 Å². The minimum Gasteiger partial charge on any atom is -0.475 e. The van der Waals surface area contributed by atoms with Gasteiger partial charge in [-0.3, -0.25) is 0 Å². The van der Waals surface area contributed by atoms with Gasteiger partial charge in [0.05, 0.1) is 5.75 Å². The van der Waals surface area contributed by atoms with Gasteiger partial charge in [0.1, 0.15) is 5.76 Å². The Morgan fingerprint density at radius 1 is 1.59 bits per heavy atom. The van der Waals surface area contributed by atoms with Crippen molar-refractivity contribution in [3.8, 4) is 0 Å². The Morgan fingerprint density at radius 2 is 2.29 bits per heavy atom. The average Bonchev–Trinajstić information content (AvgIpc) is 2.73. The third kappa shape index (κ3) is 2.34. The van der Waals surface area contributed by atoms with Crippen LogP contribution < -0.4 is 0 Å². The third-order valence-corrected chi connectivity index (χ3v) is 4.68. The second-order valence-electron chi connectivity index (χ2n) is 4.00. The predicted molar refractivity (Wildman–Crippen MR) is 59.2 cm³/mol. The van der Waals surface area contributed by atoms with Crippen LogP contribution in [0, 0.1) is 6.92 Å². The SMILES string of the molecule is Cc1oc(C(=O)O)cc1CN1CCCS1(=O)=O. The van der Waals surface area contributed by atoms with E-state index >= 15 is 0 Å². The lowest BCUT2D eigenvalue weighted by Crippen LogP contribution is -2.25. The van der Waals surface area contributed by atoms with Gasteiger partial charge >= 0.3 is 5.97 Å². The number of aromatic carboxylic acids is 1. The Balaban J connectivity index is 2.22. The van der Waals surface area contributed by atoms with E-state index in [4.69, 9.17) is 9.52 Å². The van der Waals surface area contributed by atoms with Gasteiger partial charge in [-0.1, -0.05) is 0 Å². The molecule has 7 heteroatoms. The first-order valence-electron chi connectivity index (χ1n) is 5.20. The molecule has 1 aliphatic heterocycles. The van der Waals surface area contributed by atoms with Crippen LogP contribution in [0.2, 0.25) is 0 Å². The normalized spacial score (nSPS) is 19.6. The summed E-state index contributed by atoms with van der Waals surface area (Å²) in [6.07, 6.45) is 0.616. The molecule has 1 fully saturated rings. The standard InChI is InChI=1S/C10H13NO5S/c1-7-8(5-9(16-7)10(12)13)6-11-3-2-4-17(11,14)15/h5H,2-4,6H2,1H3,(H,12,13). The van der Waals surface area contributed by atoms with Crippen molar-refractivity contribution < 1.29 is 22.7 Å². The molecule has 6 nitrogen and oxygen atoms in total. The second kappa shape index (κ2) is 4.15. The van der Waals surface area contributed by atoms with E-state index < -0.39 is 16.0 Å². The van der Waals surface area contributed by atoms with Crippen LogP contribution >= 0.6 is 0 Å². The first-order chi connectivity index (χ1) is 7.90. The molecular weight excluding hydrogens is 246 g/mol. The summed E-state index contributed by atoms with van der Waals surface area (Å²) in [5.41, 5.74) is 0.605. The number of aryl methyl sites for hydroxylation is 1. The number of carboxylic acid groups (broad SMARTS) is 1. The van der Waals surface area contributed by atoms with Crippen molar-refractivity contribution >= 4 is 16.0 Å². The van der Waals surface area contributed by atoms with E-state index in [-0.39, 0.29) is 18.1 Å². The molecule has 0 aliphatic carbocycles. The number of carboxylic acids is 1. The number of furan rings is 1. The van der Waals surface area contributed by atoms with E-state index in [1.807, 2.05) is 0 Å². The number of nitrogens with zero attached hydrogens (tertiary/aromatic N) is 1. The molecule has 0 amide bonds. The highest BCUT2D eigenvalue weighted by atomic mass is 32.2. The summed E-state index contributed by atoms with van der Waals surface area (Å²) in [5.74, 6) is -0.697. The average molecular weight is 259 g/mol. The third-order valence-electron chi connectivity index (χ3n) is 2.78. The Kier molecular flexibility index (Phi) is 2.96. The first kappa shape index (κ1) is 12.1. The lowest BCUT2D eigenvalue weighted by molar-refractivity contribution is 0.0661. The Labute approximate surface area is 98.9 Å². The van der Waals surface area contributed by atoms with E-state index in [9.17, 15) is 13.2 Å². The van der Waals surface area contributed by atoms with Crippen molar-refractivity contribution in [3.05, 3.63) is 23.2 Å². The van der Waals surface area contributed by atoms with Gasteiger partial charge in [-0.15, -0.1) is 0 Å². The van der Waals surface area contributed by atoms with E-state index in [0.717, 1.165) is 0 Å². The molecule has 1 saturated heterocycles. The van der Waals surface area contributed by atoms with Gasteiger partial charge in [-0.2, -0.15) is 4.31 Å². The fraction of sp³-hybridized carbons (Fsp3) is 0.500. The highest BCUT2D eigenvalue weighted by molar-refractivity contribution is 7.89. The summed E-state index contributed by atoms with van der Waals surface area (Å²) in [7, 11) is -3.17. The number of hydrogen-bond donors (Lipinski definition) is 1. The number of carbonyl (C=O) groups is 1. The molecule has 0 radical (unpaired) electrons. The minimum atomic E-state index is -3.17. The highest BCUT2D eigenvalue weighted by Crippen LogP contribution is 2.21. The molecular formula is C10H13NO5S. The van der Waals surface area contributed by atoms with Gasteiger partial charge in [0.15, 0.2) is 0 Å². The maximum atomic E-state index is 11.6. The molecule has 1 aromatic heterocycles. The molecule has 2 heterocycles. The Morgan fingerprint density at radius 3 is 2.76 bits per heavy atom.